The molecule has 0 atom stereocenters. The van der Waals surface area contributed by atoms with Crippen molar-refractivity contribution < 1.29 is 0 Å². The van der Waals surface area contributed by atoms with Crippen molar-refractivity contribution in [2.24, 2.45) is 0 Å². The summed E-state index contributed by atoms with van der Waals surface area (Å²) in [6.45, 7) is 6.15. The molecule has 3 nitrogen and oxygen atoms in total. The Morgan fingerprint density at radius 2 is 2.24 bits per heavy atom. The predicted molar refractivity (Wildman–Crippen MR) is 70.9 cm³/mol. The van der Waals surface area contributed by atoms with E-state index in [0.717, 1.165) is 18.8 Å². The summed E-state index contributed by atoms with van der Waals surface area (Å²) in [5, 5.41) is 10.8. The Hall–Kier alpha value is -1.09. The maximum absolute atomic E-state index is 4.21. The van der Waals surface area contributed by atoms with Gasteiger partial charge < -0.3 is 5.32 Å². The van der Waals surface area contributed by atoms with Gasteiger partial charge in [0.15, 0.2) is 0 Å². The third-order valence-corrected chi connectivity index (χ3v) is 3.59. The summed E-state index contributed by atoms with van der Waals surface area (Å²) < 4.78 is 0. The van der Waals surface area contributed by atoms with Crippen molar-refractivity contribution >= 4 is 0 Å². The lowest BCUT2D eigenvalue weighted by atomic mass is 9.97. The molecule has 1 aliphatic carbocycles. The van der Waals surface area contributed by atoms with Crippen LogP contribution < -0.4 is 5.32 Å². The molecule has 0 saturated carbocycles. The Morgan fingerprint density at radius 1 is 1.35 bits per heavy atom. The summed E-state index contributed by atoms with van der Waals surface area (Å²) >= 11 is 0. The first-order valence-electron chi connectivity index (χ1n) is 6.66. The fourth-order valence-electron chi connectivity index (χ4n) is 2.43. The molecule has 94 valence electrons. The molecule has 1 heterocycles. The number of allylic oxidation sites excluding steroid dienone is 1. The van der Waals surface area contributed by atoms with E-state index in [-0.39, 0.29) is 0 Å². The van der Waals surface area contributed by atoms with E-state index in [1.807, 2.05) is 0 Å². The van der Waals surface area contributed by atoms with Gasteiger partial charge >= 0.3 is 0 Å². The number of nitrogens with one attached hydrogen (secondary N) is 2. The van der Waals surface area contributed by atoms with E-state index in [2.05, 4.69) is 35.4 Å². The van der Waals surface area contributed by atoms with Crippen LogP contribution in [0.25, 0.3) is 0 Å². The van der Waals surface area contributed by atoms with Crippen molar-refractivity contribution in [3.8, 4) is 0 Å². The van der Waals surface area contributed by atoms with Gasteiger partial charge in [-0.25, -0.2) is 0 Å². The van der Waals surface area contributed by atoms with Crippen LogP contribution in [-0.2, 0) is 6.54 Å². The number of nitrogens with zero attached hydrogens (tertiary/aromatic N) is 1. The number of aromatic nitrogens is 2. The number of aryl methyl sites for hydroxylation is 2. The summed E-state index contributed by atoms with van der Waals surface area (Å²) in [6, 6.07) is 0. The summed E-state index contributed by atoms with van der Waals surface area (Å²) in [5.41, 5.74) is 5.27. The van der Waals surface area contributed by atoms with Crippen molar-refractivity contribution in [2.75, 3.05) is 6.54 Å². The molecule has 1 aromatic rings. The smallest absolute Gasteiger partial charge is 0.0638 e. The molecule has 0 aromatic carbocycles. The summed E-state index contributed by atoms with van der Waals surface area (Å²) in [4.78, 5) is 0. The van der Waals surface area contributed by atoms with Crippen LogP contribution in [0.4, 0.5) is 0 Å². The molecule has 2 N–H and O–H groups in total. The van der Waals surface area contributed by atoms with E-state index in [9.17, 15) is 0 Å². The summed E-state index contributed by atoms with van der Waals surface area (Å²) in [5.74, 6) is 0. The van der Waals surface area contributed by atoms with Crippen molar-refractivity contribution in [2.45, 2.75) is 52.5 Å². The molecular formula is C14H23N3. The van der Waals surface area contributed by atoms with Crippen molar-refractivity contribution in [3.63, 3.8) is 0 Å². The molecule has 0 radical (unpaired) electrons. The van der Waals surface area contributed by atoms with Gasteiger partial charge in [-0.05, 0) is 52.5 Å². The SMILES string of the molecule is Cc1n[nH]c(C)c1CNCCC1=CCCCC1. The number of H-pyrrole nitrogens is 1. The lowest BCUT2D eigenvalue weighted by Gasteiger charge is -2.12. The van der Waals surface area contributed by atoms with Crippen LogP contribution in [0.1, 0.15) is 49.1 Å². The van der Waals surface area contributed by atoms with Gasteiger partial charge in [-0.1, -0.05) is 11.6 Å². The highest BCUT2D eigenvalue weighted by Crippen LogP contribution is 2.19. The van der Waals surface area contributed by atoms with Crippen molar-refractivity contribution in [1.82, 2.24) is 15.5 Å². The van der Waals surface area contributed by atoms with Crippen LogP contribution >= 0.6 is 0 Å². The average molecular weight is 233 g/mol. The topological polar surface area (TPSA) is 40.7 Å². The zero-order valence-electron chi connectivity index (χ0n) is 11.0. The highest BCUT2D eigenvalue weighted by Gasteiger charge is 2.06. The second-order valence-corrected chi connectivity index (χ2v) is 4.95. The molecule has 0 aliphatic heterocycles. The summed E-state index contributed by atoms with van der Waals surface area (Å²) in [6.07, 6.45) is 8.99. The maximum atomic E-state index is 4.21. The predicted octanol–water partition coefficient (Wildman–Crippen LogP) is 3.01. The largest absolute Gasteiger partial charge is 0.312 e. The van der Waals surface area contributed by atoms with Gasteiger partial charge in [0.2, 0.25) is 0 Å². The molecular weight excluding hydrogens is 210 g/mol. The first-order valence-corrected chi connectivity index (χ1v) is 6.66. The third-order valence-electron chi connectivity index (χ3n) is 3.59. The molecule has 0 fully saturated rings. The lowest BCUT2D eigenvalue weighted by molar-refractivity contribution is 0.631. The Balaban J connectivity index is 1.71. The number of hydrogen-bond donors (Lipinski definition) is 2. The van der Waals surface area contributed by atoms with Gasteiger partial charge in [0, 0.05) is 17.8 Å². The molecule has 0 unspecified atom stereocenters. The second kappa shape index (κ2) is 6.01. The number of rotatable bonds is 5. The fraction of sp³-hybridized carbons (Fsp3) is 0.643. The highest BCUT2D eigenvalue weighted by atomic mass is 15.1. The van der Waals surface area contributed by atoms with Gasteiger partial charge in [-0.3, -0.25) is 5.10 Å². The molecule has 17 heavy (non-hydrogen) atoms. The zero-order chi connectivity index (χ0) is 12.1. The highest BCUT2D eigenvalue weighted by molar-refractivity contribution is 5.22. The molecule has 3 heteroatoms. The van der Waals surface area contributed by atoms with Gasteiger partial charge in [-0.2, -0.15) is 5.10 Å². The van der Waals surface area contributed by atoms with E-state index in [1.165, 1.54) is 43.4 Å². The Morgan fingerprint density at radius 3 is 2.88 bits per heavy atom. The minimum absolute atomic E-state index is 0.932. The number of hydrogen-bond acceptors (Lipinski definition) is 2. The van der Waals surface area contributed by atoms with Crippen LogP contribution in [-0.4, -0.2) is 16.7 Å². The van der Waals surface area contributed by atoms with Crippen molar-refractivity contribution in [1.29, 1.82) is 0 Å². The Bertz CT molecular complexity index is 371. The first kappa shape index (κ1) is 12.4. The van der Waals surface area contributed by atoms with Gasteiger partial charge in [0.1, 0.15) is 0 Å². The molecule has 1 aromatic heterocycles. The molecule has 0 spiro atoms. The molecule has 0 saturated heterocycles. The molecule has 0 bridgehead atoms. The van der Waals surface area contributed by atoms with Crippen molar-refractivity contribution in [3.05, 3.63) is 28.6 Å². The minimum atomic E-state index is 0.932. The van der Waals surface area contributed by atoms with Crippen LogP contribution in [0.2, 0.25) is 0 Å². The maximum Gasteiger partial charge on any atom is 0.0638 e. The fourth-order valence-corrected chi connectivity index (χ4v) is 2.43. The van der Waals surface area contributed by atoms with Gasteiger partial charge in [-0.15, -0.1) is 0 Å². The van der Waals surface area contributed by atoms with Gasteiger partial charge in [0.25, 0.3) is 0 Å². The number of aromatic amines is 1. The average Bonchev–Trinajstić information content (AvgIpc) is 2.67. The Kier molecular flexibility index (Phi) is 4.37. The molecule has 0 amide bonds. The van der Waals surface area contributed by atoms with Crippen LogP contribution in [0.5, 0.6) is 0 Å². The quantitative estimate of drug-likeness (QED) is 0.606. The summed E-state index contributed by atoms with van der Waals surface area (Å²) in [7, 11) is 0. The van der Waals surface area contributed by atoms with Gasteiger partial charge in [0.05, 0.1) is 5.69 Å². The minimum Gasteiger partial charge on any atom is -0.312 e. The van der Waals surface area contributed by atoms with E-state index in [0.29, 0.717) is 0 Å². The monoisotopic (exact) mass is 233 g/mol. The van der Waals surface area contributed by atoms with Crippen LogP contribution in [0.3, 0.4) is 0 Å². The Labute approximate surface area is 104 Å². The van der Waals surface area contributed by atoms with E-state index >= 15 is 0 Å². The standard InChI is InChI=1S/C14H23N3/c1-11-14(12(2)17-16-11)10-15-9-8-13-6-4-3-5-7-13/h6,15H,3-5,7-10H2,1-2H3,(H,16,17). The van der Waals surface area contributed by atoms with E-state index < -0.39 is 0 Å². The normalized spacial score (nSPS) is 16.0. The van der Waals surface area contributed by atoms with Crippen LogP contribution in [0, 0.1) is 13.8 Å². The lowest BCUT2D eigenvalue weighted by Crippen LogP contribution is -2.16. The van der Waals surface area contributed by atoms with Crippen LogP contribution in [0.15, 0.2) is 11.6 Å². The third kappa shape index (κ3) is 3.43. The zero-order valence-corrected chi connectivity index (χ0v) is 11.0. The first-order chi connectivity index (χ1) is 8.27. The van der Waals surface area contributed by atoms with E-state index in [1.54, 1.807) is 5.57 Å². The molecule has 2 rings (SSSR count). The second-order valence-electron chi connectivity index (χ2n) is 4.95. The van der Waals surface area contributed by atoms with E-state index in [4.69, 9.17) is 0 Å². The molecule has 1 aliphatic rings.